The Morgan fingerprint density at radius 1 is 0.840 bits per heavy atom. The summed E-state index contributed by atoms with van der Waals surface area (Å²) in [6, 6.07) is 25.2. The summed E-state index contributed by atoms with van der Waals surface area (Å²) >= 11 is 1.80. The van der Waals surface area contributed by atoms with Crippen LogP contribution in [0.1, 0.15) is 23.2 Å². The van der Waals surface area contributed by atoms with E-state index in [4.69, 9.17) is 4.99 Å². The van der Waals surface area contributed by atoms with E-state index in [0.717, 1.165) is 17.2 Å². The minimum Gasteiger partial charge on any atom is -0.364 e. The van der Waals surface area contributed by atoms with Crippen LogP contribution in [-0.4, -0.2) is 16.6 Å². The smallest absolute Gasteiger partial charge is 0.108 e. The number of aliphatic imine (C=N–C) groups is 1. The molecule has 0 fully saturated rings. The van der Waals surface area contributed by atoms with E-state index in [1.165, 1.54) is 10.5 Å². The zero-order valence-electron chi connectivity index (χ0n) is 13.7. The Bertz CT molecular complexity index is 835. The lowest BCUT2D eigenvalue weighted by molar-refractivity contribution is 0.570. The lowest BCUT2D eigenvalue weighted by Gasteiger charge is -2.19. The van der Waals surface area contributed by atoms with Crippen molar-refractivity contribution in [3.05, 3.63) is 96.3 Å². The van der Waals surface area contributed by atoms with Gasteiger partial charge in [-0.2, -0.15) is 0 Å². The molecule has 3 nitrogen and oxygen atoms in total. The van der Waals surface area contributed by atoms with Crippen molar-refractivity contribution >= 4 is 17.6 Å². The molecule has 2 atom stereocenters. The lowest BCUT2D eigenvalue weighted by Crippen LogP contribution is -2.25. The van der Waals surface area contributed by atoms with E-state index in [2.05, 4.69) is 64.9 Å². The molecule has 4 heteroatoms. The molecule has 124 valence electrons. The predicted molar refractivity (Wildman–Crippen MR) is 104 cm³/mol. The first-order chi connectivity index (χ1) is 12.4. The van der Waals surface area contributed by atoms with Gasteiger partial charge >= 0.3 is 0 Å². The molecule has 0 bridgehead atoms. The van der Waals surface area contributed by atoms with Gasteiger partial charge in [0.2, 0.25) is 0 Å². The van der Waals surface area contributed by atoms with Crippen LogP contribution in [0.25, 0.3) is 0 Å². The number of rotatable bonds is 5. The summed E-state index contributed by atoms with van der Waals surface area (Å²) in [5.41, 5.74) is 2.39. The summed E-state index contributed by atoms with van der Waals surface area (Å²) < 4.78 is 0. The Kier molecular flexibility index (Phi) is 4.79. The number of benzene rings is 2. The molecule has 0 radical (unpaired) electrons. The van der Waals surface area contributed by atoms with Crippen LogP contribution in [0.3, 0.4) is 0 Å². The van der Waals surface area contributed by atoms with Crippen LogP contribution in [0.2, 0.25) is 0 Å². The largest absolute Gasteiger partial charge is 0.364 e. The molecule has 0 saturated carbocycles. The van der Waals surface area contributed by atoms with Crippen molar-refractivity contribution in [1.82, 2.24) is 10.3 Å². The van der Waals surface area contributed by atoms with E-state index in [0.29, 0.717) is 0 Å². The number of amidine groups is 1. The minimum absolute atomic E-state index is 0.0578. The highest BCUT2D eigenvalue weighted by molar-refractivity contribution is 8.00. The summed E-state index contributed by atoms with van der Waals surface area (Å²) in [5.74, 6) is 1.88. The standard InChI is InChI=1S/C21H19N3S/c1-3-8-16(9-4-1)20-21(17-10-7-13-22-14-17)24-19(23-20)15-25-18-11-5-2-6-12-18/h1-14,20-21H,15H2,(H,23,24)/t20?,21-/m1/s1. The van der Waals surface area contributed by atoms with Gasteiger partial charge in [0.1, 0.15) is 11.9 Å². The van der Waals surface area contributed by atoms with Crippen molar-refractivity contribution in [2.45, 2.75) is 17.0 Å². The Morgan fingerprint density at radius 2 is 1.56 bits per heavy atom. The van der Waals surface area contributed by atoms with Crippen LogP contribution in [0.4, 0.5) is 0 Å². The second-order valence-corrected chi connectivity index (χ2v) is 6.99. The highest BCUT2D eigenvalue weighted by Gasteiger charge is 2.31. The first kappa shape index (κ1) is 15.9. The molecule has 0 saturated heterocycles. The van der Waals surface area contributed by atoms with Gasteiger partial charge < -0.3 is 5.32 Å². The van der Waals surface area contributed by atoms with E-state index in [1.807, 2.05) is 24.4 Å². The summed E-state index contributed by atoms with van der Waals surface area (Å²) in [6.07, 6.45) is 3.72. The van der Waals surface area contributed by atoms with Gasteiger partial charge in [-0.25, -0.2) is 0 Å². The fourth-order valence-electron chi connectivity index (χ4n) is 3.03. The molecule has 4 rings (SSSR count). The van der Waals surface area contributed by atoms with Gasteiger partial charge in [0, 0.05) is 17.3 Å². The van der Waals surface area contributed by atoms with Crippen molar-refractivity contribution < 1.29 is 0 Å². The molecule has 2 heterocycles. The third kappa shape index (κ3) is 3.74. The van der Waals surface area contributed by atoms with E-state index >= 15 is 0 Å². The van der Waals surface area contributed by atoms with Crippen LogP contribution in [0, 0.1) is 0 Å². The van der Waals surface area contributed by atoms with Gasteiger partial charge in [0.15, 0.2) is 0 Å². The van der Waals surface area contributed by atoms with Crippen LogP contribution < -0.4 is 5.32 Å². The average molecular weight is 345 g/mol. The van der Waals surface area contributed by atoms with Gasteiger partial charge in [0.05, 0.1) is 11.8 Å². The van der Waals surface area contributed by atoms with Crippen LogP contribution in [0.5, 0.6) is 0 Å². The Hall–Kier alpha value is -2.59. The topological polar surface area (TPSA) is 37.3 Å². The first-order valence-corrected chi connectivity index (χ1v) is 9.34. The van der Waals surface area contributed by atoms with Crippen molar-refractivity contribution in [3.63, 3.8) is 0 Å². The molecular formula is C21H19N3S. The van der Waals surface area contributed by atoms with Crippen LogP contribution in [-0.2, 0) is 0 Å². The molecule has 3 aromatic rings. The van der Waals surface area contributed by atoms with E-state index in [-0.39, 0.29) is 12.1 Å². The van der Waals surface area contributed by atoms with E-state index < -0.39 is 0 Å². The molecule has 0 spiro atoms. The Balaban J connectivity index is 1.57. The minimum atomic E-state index is 0.0578. The number of hydrogen-bond donors (Lipinski definition) is 1. The van der Waals surface area contributed by atoms with E-state index in [9.17, 15) is 0 Å². The molecule has 0 aliphatic carbocycles. The first-order valence-electron chi connectivity index (χ1n) is 8.36. The number of aromatic nitrogens is 1. The summed E-state index contributed by atoms with van der Waals surface area (Å²) in [6.45, 7) is 0. The number of pyridine rings is 1. The fraction of sp³-hybridized carbons (Fsp3) is 0.143. The number of nitrogens with one attached hydrogen (secondary N) is 1. The van der Waals surface area contributed by atoms with Gasteiger partial charge in [-0.3, -0.25) is 9.98 Å². The monoisotopic (exact) mass is 345 g/mol. The van der Waals surface area contributed by atoms with Gasteiger partial charge in [-0.15, -0.1) is 11.8 Å². The van der Waals surface area contributed by atoms with Crippen molar-refractivity contribution in [2.24, 2.45) is 4.99 Å². The van der Waals surface area contributed by atoms with E-state index in [1.54, 1.807) is 18.0 Å². The number of hydrogen-bond acceptors (Lipinski definition) is 4. The molecule has 1 N–H and O–H groups in total. The molecule has 25 heavy (non-hydrogen) atoms. The number of thioether (sulfide) groups is 1. The molecule has 1 aliphatic heterocycles. The maximum atomic E-state index is 4.98. The molecule has 0 amide bonds. The van der Waals surface area contributed by atoms with Gasteiger partial charge in [-0.1, -0.05) is 54.6 Å². The zero-order chi connectivity index (χ0) is 16.9. The quantitative estimate of drug-likeness (QED) is 0.684. The van der Waals surface area contributed by atoms with Crippen LogP contribution in [0.15, 0.2) is 95.1 Å². The third-order valence-electron chi connectivity index (χ3n) is 4.24. The molecule has 1 unspecified atom stereocenters. The molecule has 2 aromatic carbocycles. The maximum absolute atomic E-state index is 4.98. The normalized spacial score (nSPS) is 19.3. The van der Waals surface area contributed by atoms with Gasteiger partial charge in [0.25, 0.3) is 0 Å². The SMILES string of the molecule is c1ccc(SCC2=N[C@H](c3cccnc3)C(c3ccccc3)N2)cc1. The fourth-order valence-corrected chi connectivity index (χ4v) is 3.84. The van der Waals surface area contributed by atoms with Gasteiger partial charge in [-0.05, 0) is 29.3 Å². The lowest BCUT2D eigenvalue weighted by atomic mass is 9.96. The zero-order valence-corrected chi connectivity index (χ0v) is 14.6. The van der Waals surface area contributed by atoms with Crippen molar-refractivity contribution in [1.29, 1.82) is 0 Å². The highest BCUT2D eigenvalue weighted by atomic mass is 32.2. The summed E-state index contributed by atoms with van der Waals surface area (Å²) in [5, 5.41) is 3.63. The average Bonchev–Trinajstić information content (AvgIpc) is 3.13. The Morgan fingerprint density at radius 3 is 2.28 bits per heavy atom. The highest BCUT2D eigenvalue weighted by Crippen LogP contribution is 2.36. The molecule has 1 aliphatic rings. The molecule has 1 aromatic heterocycles. The molecular weight excluding hydrogens is 326 g/mol. The second-order valence-electron chi connectivity index (χ2n) is 5.94. The third-order valence-corrected chi connectivity index (χ3v) is 5.26. The number of nitrogens with zero attached hydrogens (tertiary/aromatic N) is 2. The summed E-state index contributed by atoms with van der Waals surface area (Å²) in [7, 11) is 0. The predicted octanol–water partition coefficient (Wildman–Crippen LogP) is 4.66. The van der Waals surface area contributed by atoms with Crippen LogP contribution >= 0.6 is 11.8 Å². The maximum Gasteiger partial charge on any atom is 0.108 e. The van der Waals surface area contributed by atoms with Crippen molar-refractivity contribution in [2.75, 3.05) is 5.75 Å². The Labute approximate surface area is 152 Å². The van der Waals surface area contributed by atoms with Crippen molar-refractivity contribution in [3.8, 4) is 0 Å². The summed E-state index contributed by atoms with van der Waals surface area (Å²) in [4.78, 5) is 10.5. The second kappa shape index (κ2) is 7.53.